The van der Waals surface area contributed by atoms with E-state index in [-0.39, 0.29) is 0 Å². The van der Waals surface area contributed by atoms with Gasteiger partial charge in [0.1, 0.15) is 0 Å². The average molecular weight is 345 g/mol. The lowest BCUT2D eigenvalue weighted by Crippen LogP contribution is -1.97. The van der Waals surface area contributed by atoms with Gasteiger partial charge < -0.3 is 4.57 Å². The Morgan fingerprint density at radius 3 is 1.89 bits per heavy atom. The van der Waals surface area contributed by atoms with Gasteiger partial charge in [-0.05, 0) is 58.5 Å². The van der Waals surface area contributed by atoms with Crippen molar-refractivity contribution in [3.8, 4) is 5.69 Å². The highest BCUT2D eigenvalue weighted by molar-refractivity contribution is 6.34. The second-order valence-corrected chi connectivity index (χ2v) is 7.48. The maximum absolute atomic E-state index is 2.44. The molecule has 0 radical (unpaired) electrons. The molecule has 6 rings (SSSR count). The molecule has 5 aromatic carbocycles. The molecule has 27 heavy (non-hydrogen) atoms. The molecule has 0 aliphatic rings. The second kappa shape index (κ2) is 5.11. The van der Waals surface area contributed by atoms with Crippen LogP contribution in [0.3, 0.4) is 0 Å². The van der Waals surface area contributed by atoms with Crippen molar-refractivity contribution >= 4 is 43.2 Å². The zero-order valence-electron chi connectivity index (χ0n) is 15.5. The minimum atomic E-state index is 1.22. The summed E-state index contributed by atoms with van der Waals surface area (Å²) in [5, 5.41) is 9.50. The van der Waals surface area contributed by atoms with E-state index >= 15 is 0 Å². The van der Waals surface area contributed by atoms with Crippen molar-refractivity contribution in [2.75, 3.05) is 0 Å². The zero-order chi connectivity index (χ0) is 18.1. The minimum Gasteiger partial charge on any atom is -0.313 e. The summed E-state index contributed by atoms with van der Waals surface area (Å²) in [6.07, 6.45) is 0. The molecule has 0 bridgehead atoms. The summed E-state index contributed by atoms with van der Waals surface area (Å²) < 4.78 is 2.44. The zero-order valence-corrected chi connectivity index (χ0v) is 15.5. The first-order valence-corrected chi connectivity index (χ1v) is 9.48. The Bertz CT molecular complexity index is 1470. The van der Waals surface area contributed by atoms with E-state index in [1.54, 1.807) is 0 Å². The van der Waals surface area contributed by atoms with Gasteiger partial charge in [0.15, 0.2) is 0 Å². The van der Waals surface area contributed by atoms with Crippen molar-refractivity contribution in [2.45, 2.75) is 13.8 Å². The average Bonchev–Trinajstić information content (AvgIpc) is 2.99. The van der Waals surface area contributed by atoms with Gasteiger partial charge in [0.2, 0.25) is 0 Å². The normalized spacial score (nSPS) is 12.1. The molecular formula is C26H19N. The standard InChI is InChI=1S/C26H19N/c1-16-17(2)27(20-10-4-3-5-11-20)26-22-13-7-9-19-15-14-18-8-6-12-21(23(16)26)24(18)25(19)22/h3-15H,1-2H3. The lowest BCUT2D eigenvalue weighted by molar-refractivity contribution is 1.04. The topological polar surface area (TPSA) is 4.93 Å². The van der Waals surface area contributed by atoms with Crippen LogP contribution in [0.15, 0.2) is 78.9 Å². The number of para-hydroxylation sites is 1. The Morgan fingerprint density at radius 2 is 1.19 bits per heavy atom. The predicted molar refractivity (Wildman–Crippen MR) is 116 cm³/mol. The molecule has 0 saturated carbocycles. The van der Waals surface area contributed by atoms with Crippen molar-refractivity contribution in [1.29, 1.82) is 0 Å². The van der Waals surface area contributed by atoms with E-state index in [0.29, 0.717) is 0 Å². The van der Waals surface area contributed by atoms with Crippen LogP contribution in [0.1, 0.15) is 11.3 Å². The van der Waals surface area contributed by atoms with Crippen molar-refractivity contribution in [3.63, 3.8) is 0 Å². The first-order valence-electron chi connectivity index (χ1n) is 9.48. The Kier molecular flexibility index (Phi) is 2.80. The second-order valence-electron chi connectivity index (χ2n) is 7.48. The van der Waals surface area contributed by atoms with E-state index in [0.717, 1.165) is 0 Å². The van der Waals surface area contributed by atoms with Gasteiger partial charge >= 0.3 is 0 Å². The Labute approximate surface area is 157 Å². The molecule has 0 N–H and O–H groups in total. The first kappa shape index (κ1) is 14.8. The summed E-state index contributed by atoms with van der Waals surface area (Å²) >= 11 is 0. The Hall–Kier alpha value is -3.32. The van der Waals surface area contributed by atoms with Crippen LogP contribution in [0.25, 0.3) is 48.9 Å². The molecule has 6 aromatic rings. The van der Waals surface area contributed by atoms with Gasteiger partial charge in [-0.1, -0.05) is 66.7 Å². The summed E-state index contributed by atoms with van der Waals surface area (Å²) in [5.41, 5.74) is 5.23. The lowest BCUT2D eigenvalue weighted by atomic mass is 9.91. The molecule has 0 spiro atoms. The number of aryl methyl sites for hydroxylation is 1. The summed E-state index contributed by atoms with van der Waals surface area (Å²) in [7, 11) is 0. The van der Waals surface area contributed by atoms with Gasteiger partial charge in [-0.3, -0.25) is 0 Å². The number of aromatic nitrogens is 1. The summed E-state index contributed by atoms with van der Waals surface area (Å²) in [5.74, 6) is 0. The third-order valence-electron chi connectivity index (χ3n) is 6.14. The van der Waals surface area contributed by atoms with Gasteiger partial charge in [0.05, 0.1) is 5.52 Å². The smallest absolute Gasteiger partial charge is 0.0619 e. The number of benzene rings is 5. The van der Waals surface area contributed by atoms with Gasteiger partial charge in [0, 0.05) is 22.2 Å². The first-order chi connectivity index (χ1) is 13.3. The summed E-state index contributed by atoms with van der Waals surface area (Å²) in [6.45, 7) is 4.51. The number of fused-ring (bicyclic) bond motifs is 3. The van der Waals surface area contributed by atoms with Crippen LogP contribution in [0, 0.1) is 13.8 Å². The molecule has 0 amide bonds. The molecule has 0 aliphatic carbocycles. The van der Waals surface area contributed by atoms with E-state index in [2.05, 4.69) is 97.3 Å². The van der Waals surface area contributed by atoms with Crippen LogP contribution >= 0.6 is 0 Å². The summed E-state index contributed by atoms with van der Waals surface area (Å²) in [4.78, 5) is 0. The van der Waals surface area contributed by atoms with Crippen molar-refractivity contribution in [3.05, 3.63) is 90.1 Å². The van der Waals surface area contributed by atoms with E-state index in [1.807, 2.05) is 0 Å². The quantitative estimate of drug-likeness (QED) is 0.279. The fourth-order valence-corrected chi connectivity index (χ4v) is 4.85. The lowest BCUT2D eigenvalue weighted by Gasteiger charge is -2.15. The minimum absolute atomic E-state index is 1.22. The van der Waals surface area contributed by atoms with Gasteiger partial charge in [-0.15, -0.1) is 0 Å². The van der Waals surface area contributed by atoms with E-state index in [9.17, 15) is 0 Å². The number of hydrogen-bond donors (Lipinski definition) is 0. The maximum atomic E-state index is 2.44. The monoisotopic (exact) mass is 345 g/mol. The van der Waals surface area contributed by atoms with Crippen LogP contribution in [-0.4, -0.2) is 4.57 Å². The van der Waals surface area contributed by atoms with Gasteiger partial charge in [-0.25, -0.2) is 0 Å². The number of nitrogens with zero attached hydrogens (tertiary/aromatic N) is 1. The highest BCUT2D eigenvalue weighted by Gasteiger charge is 2.20. The van der Waals surface area contributed by atoms with Gasteiger partial charge in [0.25, 0.3) is 0 Å². The van der Waals surface area contributed by atoms with Crippen LogP contribution < -0.4 is 0 Å². The third kappa shape index (κ3) is 1.79. The highest BCUT2D eigenvalue weighted by Crippen LogP contribution is 2.44. The highest BCUT2D eigenvalue weighted by atomic mass is 15.0. The molecule has 0 atom stereocenters. The number of rotatable bonds is 1. The Balaban J connectivity index is 2.01. The van der Waals surface area contributed by atoms with Crippen LogP contribution in [0.4, 0.5) is 0 Å². The largest absolute Gasteiger partial charge is 0.313 e. The van der Waals surface area contributed by atoms with Crippen molar-refractivity contribution < 1.29 is 0 Å². The van der Waals surface area contributed by atoms with E-state index in [4.69, 9.17) is 0 Å². The van der Waals surface area contributed by atoms with E-state index in [1.165, 1.54) is 60.2 Å². The van der Waals surface area contributed by atoms with Crippen LogP contribution in [0.2, 0.25) is 0 Å². The molecular weight excluding hydrogens is 326 g/mol. The maximum Gasteiger partial charge on any atom is 0.0619 e. The molecule has 128 valence electrons. The van der Waals surface area contributed by atoms with Crippen LogP contribution in [0.5, 0.6) is 0 Å². The van der Waals surface area contributed by atoms with Gasteiger partial charge in [-0.2, -0.15) is 0 Å². The van der Waals surface area contributed by atoms with Crippen molar-refractivity contribution in [2.24, 2.45) is 0 Å². The molecule has 0 aliphatic heterocycles. The molecule has 0 unspecified atom stereocenters. The molecule has 1 nitrogen and oxygen atoms in total. The van der Waals surface area contributed by atoms with E-state index < -0.39 is 0 Å². The molecule has 1 heteroatoms. The third-order valence-corrected chi connectivity index (χ3v) is 6.14. The fraction of sp³-hybridized carbons (Fsp3) is 0.0769. The SMILES string of the molecule is Cc1c(C)n(-c2ccccc2)c2c3cccc4ccc5cccc(c12)c5c43. The van der Waals surface area contributed by atoms with Crippen LogP contribution in [-0.2, 0) is 0 Å². The molecule has 0 saturated heterocycles. The fourth-order valence-electron chi connectivity index (χ4n) is 4.85. The Morgan fingerprint density at radius 1 is 0.556 bits per heavy atom. The molecule has 0 fully saturated rings. The molecule has 1 heterocycles. The predicted octanol–water partition coefficient (Wildman–Crippen LogP) is 7.14. The van der Waals surface area contributed by atoms with Crippen molar-refractivity contribution in [1.82, 2.24) is 4.57 Å². The number of hydrogen-bond acceptors (Lipinski definition) is 0. The molecule has 1 aromatic heterocycles. The summed E-state index contributed by atoms with van der Waals surface area (Å²) in [6, 6.07) is 28.7.